The van der Waals surface area contributed by atoms with E-state index >= 15 is 0 Å². The summed E-state index contributed by atoms with van der Waals surface area (Å²) < 4.78 is 1.99. The van der Waals surface area contributed by atoms with Crippen LogP contribution in [0.5, 0.6) is 0 Å². The number of hydrogen-bond acceptors (Lipinski definition) is 2. The first-order valence-corrected chi connectivity index (χ1v) is 7.63. The van der Waals surface area contributed by atoms with Crippen molar-refractivity contribution in [3.8, 4) is 0 Å². The van der Waals surface area contributed by atoms with Crippen LogP contribution in [0, 0.1) is 0 Å². The van der Waals surface area contributed by atoms with Gasteiger partial charge in [-0.25, -0.2) is 0 Å². The molecule has 0 bridgehead atoms. The zero-order valence-electron chi connectivity index (χ0n) is 9.99. The molecule has 98 valence electrons. The Bertz CT molecular complexity index is 597. The highest BCUT2D eigenvalue weighted by molar-refractivity contribution is 9.10. The highest BCUT2D eigenvalue weighted by Crippen LogP contribution is 2.22. The van der Waals surface area contributed by atoms with Crippen molar-refractivity contribution in [3.05, 3.63) is 62.5 Å². The second-order valence-corrected chi connectivity index (χ2v) is 6.25. The lowest BCUT2D eigenvalue weighted by Crippen LogP contribution is -2.10. The minimum atomic E-state index is 0.395. The zero-order valence-corrected chi connectivity index (χ0v) is 14.0. The molecule has 2 nitrogen and oxygen atoms in total. The minimum Gasteiger partial charge on any atom is -0.389 e. The normalized spacial score (nSPS) is 10.2. The van der Waals surface area contributed by atoms with Crippen molar-refractivity contribution in [2.45, 2.75) is 6.54 Å². The van der Waals surface area contributed by atoms with Gasteiger partial charge in [-0.2, -0.15) is 0 Å². The summed E-state index contributed by atoms with van der Waals surface area (Å²) >= 11 is 11.9. The Morgan fingerprint density at radius 3 is 2.37 bits per heavy atom. The second kappa shape index (κ2) is 6.50. The highest BCUT2D eigenvalue weighted by atomic mass is 79.9. The van der Waals surface area contributed by atoms with Crippen LogP contribution in [0.1, 0.15) is 11.1 Å². The van der Waals surface area contributed by atoms with E-state index in [1.165, 1.54) is 5.56 Å². The molecule has 0 fully saturated rings. The molecule has 0 heterocycles. The van der Waals surface area contributed by atoms with Crippen molar-refractivity contribution in [1.82, 2.24) is 0 Å². The highest BCUT2D eigenvalue weighted by Gasteiger charge is 2.03. The Hall–Kier alpha value is -0.910. The van der Waals surface area contributed by atoms with Gasteiger partial charge in [0.25, 0.3) is 0 Å². The molecule has 0 saturated carbocycles. The number of nitrogens with two attached hydrogens (primary N) is 1. The summed E-state index contributed by atoms with van der Waals surface area (Å²) in [7, 11) is 0. The van der Waals surface area contributed by atoms with E-state index < -0.39 is 0 Å². The smallest absolute Gasteiger partial charge is 0.105 e. The molecule has 0 unspecified atom stereocenters. The second-order valence-electron chi connectivity index (χ2n) is 4.04. The molecule has 0 radical (unpaired) electrons. The van der Waals surface area contributed by atoms with Gasteiger partial charge in [-0.15, -0.1) is 0 Å². The van der Waals surface area contributed by atoms with Crippen LogP contribution in [-0.4, -0.2) is 4.99 Å². The van der Waals surface area contributed by atoms with Gasteiger partial charge in [0.1, 0.15) is 4.99 Å². The summed E-state index contributed by atoms with van der Waals surface area (Å²) in [5.41, 5.74) is 8.71. The first kappa shape index (κ1) is 14.5. The van der Waals surface area contributed by atoms with Crippen LogP contribution in [0.4, 0.5) is 5.69 Å². The van der Waals surface area contributed by atoms with Gasteiger partial charge in [0.15, 0.2) is 0 Å². The molecule has 2 aromatic rings. The monoisotopic (exact) mass is 398 g/mol. The first-order chi connectivity index (χ1) is 9.06. The average Bonchev–Trinajstić information content (AvgIpc) is 2.37. The van der Waals surface area contributed by atoms with E-state index in [1.54, 1.807) is 0 Å². The zero-order chi connectivity index (χ0) is 13.8. The summed E-state index contributed by atoms with van der Waals surface area (Å²) in [6, 6.07) is 14.1. The topological polar surface area (TPSA) is 38.0 Å². The maximum absolute atomic E-state index is 5.62. The molecule has 3 N–H and O–H groups in total. The van der Waals surface area contributed by atoms with Gasteiger partial charge >= 0.3 is 0 Å². The van der Waals surface area contributed by atoms with Gasteiger partial charge in [-0.3, -0.25) is 0 Å². The third-order valence-corrected chi connectivity index (χ3v) is 4.05. The predicted octanol–water partition coefficient (Wildman–Crippen LogP) is 4.46. The fourth-order valence-electron chi connectivity index (χ4n) is 1.63. The van der Waals surface area contributed by atoms with Gasteiger partial charge in [0, 0.05) is 26.7 Å². The van der Waals surface area contributed by atoms with Crippen molar-refractivity contribution < 1.29 is 0 Å². The fraction of sp³-hybridized carbons (Fsp3) is 0.0714. The van der Waals surface area contributed by atoms with Crippen LogP contribution in [0.2, 0.25) is 0 Å². The minimum absolute atomic E-state index is 0.395. The summed E-state index contributed by atoms with van der Waals surface area (Å²) in [6.07, 6.45) is 0. The van der Waals surface area contributed by atoms with E-state index in [9.17, 15) is 0 Å². The van der Waals surface area contributed by atoms with E-state index in [2.05, 4.69) is 49.3 Å². The van der Waals surface area contributed by atoms with Gasteiger partial charge in [-0.1, -0.05) is 40.3 Å². The number of thiocarbonyl (C=S) groups is 1. The van der Waals surface area contributed by atoms with Crippen molar-refractivity contribution >= 4 is 54.8 Å². The molecule has 0 amide bonds. The molecular weight excluding hydrogens is 388 g/mol. The van der Waals surface area contributed by atoms with Gasteiger partial charge < -0.3 is 11.1 Å². The quantitative estimate of drug-likeness (QED) is 0.745. The van der Waals surface area contributed by atoms with E-state index in [1.807, 2.05) is 30.3 Å². The van der Waals surface area contributed by atoms with Crippen molar-refractivity contribution in [3.63, 3.8) is 0 Å². The lowest BCUT2D eigenvalue weighted by Gasteiger charge is -2.09. The van der Waals surface area contributed by atoms with Crippen molar-refractivity contribution in [2.24, 2.45) is 5.73 Å². The molecular formula is C14H12Br2N2S. The third kappa shape index (κ3) is 4.03. The van der Waals surface area contributed by atoms with E-state index in [0.717, 1.165) is 26.7 Å². The van der Waals surface area contributed by atoms with Crippen molar-refractivity contribution in [2.75, 3.05) is 5.32 Å². The summed E-state index contributed by atoms with van der Waals surface area (Å²) in [6.45, 7) is 0.770. The molecule has 2 aromatic carbocycles. The largest absolute Gasteiger partial charge is 0.389 e. The lowest BCUT2D eigenvalue weighted by molar-refractivity contribution is 1.15. The molecule has 0 saturated heterocycles. The average molecular weight is 400 g/mol. The van der Waals surface area contributed by atoms with Crippen LogP contribution in [0.25, 0.3) is 0 Å². The Morgan fingerprint density at radius 2 is 1.79 bits per heavy atom. The number of anilines is 1. The molecule has 0 aliphatic rings. The number of benzene rings is 2. The van der Waals surface area contributed by atoms with E-state index in [0.29, 0.717) is 4.99 Å². The molecule has 0 spiro atoms. The van der Waals surface area contributed by atoms with Gasteiger partial charge in [0.2, 0.25) is 0 Å². The third-order valence-electron chi connectivity index (χ3n) is 2.64. The van der Waals surface area contributed by atoms with Crippen LogP contribution in [0.15, 0.2) is 51.4 Å². The van der Waals surface area contributed by atoms with Crippen LogP contribution < -0.4 is 11.1 Å². The summed E-state index contributed by atoms with van der Waals surface area (Å²) in [5.74, 6) is 0. The molecule has 2 rings (SSSR count). The molecule has 0 aliphatic carbocycles. The first-order valence-electron chi connectivity index (χ1n) is 5.64. The van der Waals surface area contributed by atoms with E-state index in [-0.39, 0.29) is 0 Å². The Balaban J connectivity index is 2.06. The number of halogens is 2. The summed E-state index contributed by atoms with van der Waals surface area (Å²) in [4.78, 5) is 0.395. The predicted molar refractivity (Wildman–Crippen MR) is 91.5 cm³/mol. The molecule has 0 atom stereocenters. The Morgan fingerprint density at radius 1 is 1.11 bits per heavy atom. The number of rotatable bonds is 4. The van der Waals surface area contributed by atoms with Crippen molar-refractivity contribution in [1.29, 1.82) is 0 Å². The number of hydrogen-bond donors (Lipinski definition) is 2. The summed E-state index contributed by atoms with van der Waals surface area (Å²) in [5, 5.41) is 3.36. The Labute approximate surface area is 134 Å². The molecule has 0 aromatic heterocycles. The van der Waals surface area contributed by atoms with E-state index in [4.69, 9.17) is 18.0 Å². The SMILES string of the molecule is NC(=S)c1ccc(NCc2ccc(Br)cc2)cc1Br. The van der Waals surface area contributed by atoms with Gasteiger partial charge in [-0.05, 0) is 51.8 Å². The maximum atomic E-state index is 5.62. The number of nitrogens with one attached hydrogen (secondary N) is 1. The van der Waals surface area contributed by atoms with Crippen LogP contribution in [-0.2, 0) is 6.54 Å². The maximum Gasteiger partial charge on any atom is 0.105 e. The van der Waals surface area contributed by atoms with Gasteiger partial charge in [0.05, 0.1) is 0 Å². The molecule has 0 aliphatic heterocycles. The molecule has 5 heteroatoms. The standard InChI is InChI=1S/C14H12Br2N2S/c15-10-3-1-9(2-4-10)8-18-11-5-6-12(14(17)19)13(16)7-11/h1-7,18H,8H2,(H2,17,19). The van der Waals surface area contributed by atoms with Crippen LogP contribution >= 0.6 is 44.1 Å². The molecule has 19 heavy (non-hydrogen) atoms. The van der Waals surface area contributed by atoms with Crippen LogP contribution in [0.3, 0.4) is 0 Å². The lowest BCUT2D eigenvalue weighted by atomic mass is 10.2. The fourth-order valence-corrected chi connectivity index (χ4v) is 2.80. The Kier molecular flexibility index (Phi) is 4.96.